The predicted octanol–water partition coefficient (Wildman–Crippen LogP) is 3.97. The summed E-state index contributed by atoms with van der Waals surface area (Å²) in [6.07, 6.45) is 3.36. The zero-order chi connectivity index (χ0) is 19.5. The second-order valence-corrected chi connectivity index (χ2v) is 7.78. The number of nitrogen functional groups attached to an aromatic ring is 1. The predicted molar refractivity (Wildman–Crippen MR) is 111 cm³/mol. The molecule has 28 heavy (non-hydrogen) atoms. The minimum absolute atomic E-state index is 0.349. The van der Waals surface area contributed by atoms with Crippen molar-refractivity contribution in [2.24, 2.45) is 5.84 Å². The van der Waals surface area contributed by atoms with E-state index in [9.17, 15) is 4.79 Å². The van der Waals surface area contributed by atoms with Crippen molar-refractivity contribution in [3.05, 3.63) is 70.2 Å². The highest BCUT2D eigenvalue weighted by Crippen LogP contribution is 2.41. The number of hydrogen-bond donors (Lipinski definition) is 3. The lowest BCUT2D eigenvalue weighted by Gasteiger charge is -2.21. The minimum atomic E-state index is -0.390. The molecule has 6 nitrogen and oxygen atoms in total. The lowest BCUT2D eigenvalue weighted by atomic mass is 9.85. The van der Waals surface area contributed by atoms with Gasteiger partial charge >= 0.3 is 0 Å². The summed E-state index contributed by atoms with van der Waals surface area (Å²) >= 11 is 1.69. The maximum absolute atomic E-state index is 11.8. The third-order valence-electron chi connectivity index (χ3n) is 4.98. The van der Waals surface area contributed by atoms with Crippen LogP contribution in [-0.2, 0) is 6.42 Å². The number of amides is 1. The van der Waals surface area contributed by atoms with Crippen LogP contribution < -0.4 is 21.3 Å². The molecule has 0 saturated heterocycles. The van der Waals surface area contributed by atoms with Gasteiger partial charge in [0.2, 0.25) is 0 Å². The third kappa shape index (κ3) is 3.58. The summed E-state index contributed by atoms with van der Waals surface area (Å²) in [5.74, 6) is 5.64. The number of nitrogens with one attached hydrogen (secondary N) is 2. The van der Waals surface area contributed by atoms with Crippen LogP contribution in [-0.4, -0.2) is 18.0 Å². The molecule has 4 rings (SSSR count). The maximum Gasteiger partial charge on any atom is 0.268 e. The van der Waals surface area contributed by atoms with E-state index in [2.05, 4.69) is 35.0 Å². The summed E-state index contributed by atoms with van der Waals surface area (Å²) in [5.41, 5.74) is 5.82. The quantitative estimate of drug-likeness (QED) is 0.346. The van der Waals surface area contributed by atoms with Crippen LogP contribution >= 0.6 is 11.3 Å². The first kappa shape index (κ1) is 18.5. The summed E-state index contributed by atoms with van der Waals surface area (Å²) in [4.78, 5) is 18.1. The Morgan fingerprint density at radius 2 is 2.07 bits per heavy atom. The zero-order valence-corrected chi connectivity index (χ0v) is 16.4. The van der Waals surface area contributed by atoms with Crippen LogP contribution in [0.4, 0.5) is 10.8 Å². The van der Waals surface area contributed by atoms with Crippen LogP contribution in [0.15, 0.2) is 48.5 Å². The number of aryl methyl sites for hydroxylation is 1. The van der Waals surface area contributed by atoms with Gasteiger partial charge in [0.05, 0.1) is 18.4 Å². The first-order valence-electron chi connectivity index (χ1n) is 9.20. The molecule has 1 aliphatic rings. The molecule has 2 aromatic carbocycles. The van der Waals surface area contributed by atoms with Gasteiger partial charge in [-0.05, 0) is 37.0 Å². The van der Waals surface area contributed by atoms with Crippen LogP contribution in [0, 0.1) is 0 Å². The van der Waals surface area contributed by atoms with Crippen molar-refractivity contribution >= 4 is 28.1 Å². The summed E-state index contributed by atoms with van der Waals surface area (Å²) in [6.45, 7) is 0. The van der Waals surface area contributed by atoms with Crippen LogP contribution in [0.5, 0.6) is 5.75 Å². The Morgan fingerprint density at radius 3 is 2.82 bits per heavy atom. The number of hydrogen-bond acceptors (Lipinski definition) is 6. The van der Waals surface area contributed by atoms with Crippen LogP contribution in [0.25, 0.3) is 0 Å². The highest BCUT2D eigenvalue weighted by atomic mass is 32.1. The molecular formula is C21H22N4O2S. The van der Waals surface area contributed by atoms with E-state index in [0.29, 0.717) is 17.2 Å². The number of fused-ring (bicyclic) bond motifs is 1. The molecule has 1 unspecified atom stereocenters. The molecule has 7 heteroatoms. The van der Waals surface area contributed by atoms with Crippen molar-refractivity contribution < 1.29 is 9.53 Å². The maximum atomic E-state index is 11.8. The highest BCUT2D eigenvalue weighted by Gasteiger charge is 2.26. The van der Waals surface area contributed by atoms with Gasteiger partial charge < -0.3 is 10.1 Å². The van der Waals surface area contributed by atoms with E-state index in [0.717, 1.165) is 23.7 Å². The number of aromatic nitrogens is 1. The molecule has 3 aromatic rings. The fourth-order valence-electron chi connectivity index (χ4n) is 3.64. The molecule has 144 valence electrons. The van der Waals surface area contributed by atoms with Gasteiger partial charge in [0.15, 0.2) is 5.13 Å². The summed E-state index contributed by atoms with van der Waals surface area (Å²) in [7, 11) is 1.53. The van der Waals surface area contributed by atoms with Gasteiger partial charge in [-0.2, -0.15) is 0 Å². The molecule has 0 saturated carbocycles. The number of nitrogens with two attached hydrogens (primary N) is 1. The Labute approximate surface area is 167 Å². The lowest BCUT2D eigenvalue weighted by Crippen LogP contribution is -2.30. The fraction of sp³-hybridized carbons (Fsp3) is 0.238. The van der Waals surface area contributed by atoms with E-state index in [4.69, 9.17) is 15.6 Å². The monoisotopic (exact) mass is 394 g/mol. The normalized spacial score (nSPS) is 15.6. The van der Waals surface area contributed by atoms with E-state index >= 15 is 0 Å². The van der Waals surface area contributed by atoms with E-state index in [-0.39, 0.29) is 5.91 Å². The number of rotatable bonds is 5. The number of carbonyl (C=O) groups excluding carboxylic acids is 1. The van der Waals surface area contributed by atoms with E-state index in [1.165, 1.54) is 29.7 Å². The number of ether oxygens (including phenoxy) is 1. The summed E-state index contributed by atoms with van der Waals surface area (Å²) in [5, 5.41) is 4.21. The fourth-order valence-corrected chi connectivity index (χ4v) is 4.72. The van der Waals surface area contributed by atoms with Crippen molar-refractivity contribution in [1.82, 2.24) is 10.4 Å². The molecule has 4 N–H and O–H groups in total. The molecule has 1 atom stereocenters. The van der Waals surface area contributed by atoms with Gasteiger partial charge in [0, 0.05) is 22.5 Å². The Morgan fingerprint density at radius 1 is 1.25 bits per heavy atom. The second kappa shape index (κ2) is 8.00. The number of anilines is 2. The smallest absolute Gasteiger partial charge is 0.268 e. The summed E-state index contributed by atoms with van der Waals surface area (Å²) in [6, 6.07) is 15.9. The topological polar surface area (TPSA) is 89.3 Å². The zero-order valence-electron chi connectivity index (χ0n) is 15.6. The van der Waals surface area contributed by atoms with E-state index in [1.807, 2.05) is 12.1 Å². The molecule has 1 amide bonds. The average Bonchev–Trinajstić information content (AvgIpc) is 3.16. The number of nitrogens with zero attached hydrogens (tertiary/aromatic N) is 1. The number of benzene rings is 2. The van der Waals surface area contributed by atoms with Gasteiger partial charge in [0.1, 0.15) is 5.75 Å². The highest BCUT2D eigenvalue weighted by molar-refractivity contribution is 7.15. The van der Waals surface area contributed by atoms with Crippen molar-refractivity contribution in [2.75, 3.05) is 12.4 Å². The minimum Gasteiger partial charge on any atom is -0.496 e. The van der Waals surface area contributed by atoms with Gasteiger partial charge in [0.25, 0.3) is 5.91 Å². The van der Waals surface area contributed by atoms with Gasteiger partial charge in [-0.3, -0.25) is 10.2 Å². The third-order valence-corrected chi connectivity index (χ3v) is 6.03. The number of thiazole rings is 1. The van der Waals surface area contributed by atoms with Crippen molar-refractivity contribution in [2.45, 2.75) is 25.2 Å². The van der Waals surface area contributed by atoms with Crippen LogP contribution in [0.2, 0.25) is 0 Å². The van der Waals surface area contributed by atoms with Gasteiger partial charge in [-0.15, -0.1) is 11.3 Å². The lowest BCUT2D eigenvalue weighted by molar-refractivity contribution is 0.0950. The molecular weight excluding hydrogens is 372 g/mol. The molecule has 1 aromatic heterocycles. The molecule has 0 radical (unpaired) electrons. The summed E-state index contributed by atoms with van der Waals surface area (Å²) < 4.78 is 5.33. The molecule has 0 aliphatic heterocycles. The number of carbonyl (C=O) groups is 1. The molecule has 0 fully saturated rings. The van der Waals surface area contributed by atoms with Gasteiger partial charge in [-0.1, -0.05) is 30.3 Å². The Bertz CT molecular complexity index is 987. The van der Waals surface area contributed by atoms with Crippen molar-refractivity contribution in [3.8, 4) is 5.75 Å². The Kier molecular flexibility index (Phi) is 5.27. The first-order chi connectivity index (χ1) is 13.7. The Hall–Kier alpha value is -2.90. The van der Waals surface area contributed by atoms with Gasteiger partial charge in [-0.25, -0.2) is 10.8 Å². The van der Waals surface area contributed by atoms with E-state index in [1.54, 1.807) is 23.5 Å². The number of methoxy groups -OCH3 is 1. The second-order valence-electron chi connectivity index (χ2n) is 6.70. The average molecular weight is 395 g/mol. The molecule has 0 bridgehead atoms. The SMILES string of the molecule is COc1cc(Nc2nc3c(s2)CCCC3c2ccccc2)ccc1C(=O)NN. The number of hydrazine groups is 1. The van der Waals surface area contributed by atoms with E-state index < -0.39 is 0 Å². The Balaban J connectivity index is 1.60. The van der Waals surface area contributed by atoms with Crippen LogP contribution in [0.3, 0.4) is 0 Å². The first-order valence-corrected chi connectivity index (χ1v) is 10.0. The largest absolute Gasteiger partial charge is 0.496 e. The standard InChI is InChI=1S/C21H22N4O2S/c1-27-17-12-14(10-11-16(17)20(26)25-22)23-21-24-19-15(8-5-9-18(19)28-21)13-6-3-2-4-7-13/h2-4,6-7,10-12,15H,5,8-9,22H2,1H3,(H,23,24)(H,25,26). The molecule has 1 aliphatic carbocycles. The molecule has 1 heterocycles. The molecule has 0 spiro atoms. The van der Waals surface area contributed by atoms with Crippen LogP contribution in [0.1, 0.15) is 45.3 Å². The van der Waals surface area contributed by atoms with Crippen molar-refractivity contribution in [3.63, 3.8) is 0 Å². The van der Waals surface area contributed by atoms with Crippen molar-refractivity contribution in [1.29, 1.82) is 0 Å².